The smallest absolute Gasteiger partial charge is 0.259 e. The van der Waals surface area contributed by atoms with Gasteiger partial charge in [-0.15, -0.1) is 0 Å². The normalized spacial score (nSPS) is 26.6. The van der Waals surface area contributed by atoms with Crippen LogP contribution in [0.4, 0.5) is 0 Å². The Labute approximate surface area is 305 Å². The fraction of sp³-hybridized carbons (Fsp3) is 0.447. The Morgan fingerprint density at radius 3 is 2.68 bits per heavy atom. The van der Waals surface area contributed by atoms with Gasteiger partial charge < -0.3 is 29.1 Å². The summed E-state index contributed by atoms with van der Waals surface area (Å²) in [6.45, 7) is 1.34. The van der Waals surface area contributed by atoms with E-state index in [1.165, 1.54) is 11.8 Å². The molecule has 3 N–H and O–H groups in total. The van der Waals surface area contributed by atoms with E-state index < -0.39 is 62.6 Å². The summed E-state index contributed by atoms with van der Waals surface area (Å²) in [4.78, 5) is 60.9. The molecule has 5 atom stereocenters. The van der Waals surface area contributed by atoms with Crippen LogP contribution in [0, 0.1) is 5.92 Å². The highest BCUT2D eigenvalue weighted by Crippen LogP contribution is 2.46. The van der Waals surface area contributed by atoms with E-state index in [0.29, 0.717) is 66.0 Å². The Balaban J connectivity index is 1.14. The SMILES string of the molecule is CC(=O)N[C@H]1CCCCCC=C[C@@H]2C[C@@]2(C(=O)NS(=O)(=O)C2CC2)NC(=O)[C@@H]2C[C@@H](Oc3cc(-c4ccco4)nc4c3oc3ccccc34)CN2C1=O. The fourth-order valence-electron chi connectivity index (χ4n) is 7.56. The van der Waals surface area contributed by atoms with Crippen LogP contribution in [-0.4, -0.2) is 77.5 Å². The van der Waals surface area contributed by atoms with E-state index >= 15 is 0 Å². The van der Waals surface area contributed by atoms with Gasteiger partial charge in [0.2, 0.25) is 27.7 Å². The van der Waals surface area contributed by atoms with Crippen LogP contribution in [0.15, 0.2) is 69.7 Å². The maximum absolute atomic E-state index is 14.4. The van der Waals surface area contributed by atoms with Crippen molar-refractivity contribution in [2.24, 2.45) is 5.92 Å². The number of carbonyl (C=O) groups excluding carboxylic acids is 4. The molecule has 2 aliphatic heterocycles. The largest absolute Gasteiger partial charge is 0.484 e. The van der Waals surface area contributed by atoms with Gasteiger partial charge in [-0.25, -0.2) is 13.4 Å². The van der Waals surface area contributed by atoms with Crippen LogP contribution in [-0.2, 0) is 29.2 Å². The van der Waals surface area contributed by atoms with Crippen molar-refractivity contribution < 1.29 is 41.2 Å². The highest BCUT2D eigenvalue weighted by atomic mass is 32.2. The Morgan fingerprint density at radius 1 is 1.08 bits per heavy atom. The van der Waals surface area contributed by atoms with Crippen molar-refractivity contribution in [3.05, 3.63) is 60.9 Å². The number of aromatic nitrogens is 1. The summed E-state index contributed by atoms with van der Waals surface area (Å²) in [7, 11) is -3.89. The number of nitrogens with zero attached hydrogens (tertiary/aromatic N) is 2. The monoisotopic (exact) mass is 743 g/mol. The van der Waals surface area contributed by atoms with Gasteiger partial charge in [-0.05, 0) is 62.8 Å². The van der Waals surface area contributed by atoms with Gasteiger partial charge in [0.25, 0.3) is 5.91 Å². The van der Waals surface area contributed by atoms with Crippen molar-refractivity contribution in [1.82, 2.24) is 25.2 Å². The minimum Gasteiger partial charge on any atom is -0.484 e. The van der Waals surface area contributed by atoms with E-state index in [0.717, 1.165) is 18.2 Å². The molecule has 1 saturated heterocycles. The summed E-state index contributed by atoms with van der Waals surface area (Å²) < 4.78 is 46.3. The molecular weight excluding hydrogens is 703 g/mol. The Kier molecular flexibility index (Phi) is 8.99. The molecule has 1 aromatic carbocycles. The molecule has 0 radical (unpaired) electrons. The first kappa shape index (κ1) is 34.9. The van der Waals surface area contributed by atoms with Crippen LogP contribution in [0.1, 0.15) is 64.7 Å². The van der Waals surface area contributed by atoms with Crippen LogP contribution in [0.5, 0.6) is 5.75 Å². The molecular formula is C38H41N5O9S. The van der Waals surface area contributed by atoms with E-state index in [4.69, 9.17) is 18.6 Å². The van der Waals surface area contributed by atoms with E-state index in [1.807, 2.05) is 36.4 Å². The molecule has 53 heavy (non-hydrogen) atoms. The lowest BCUT2D eigenvalue weighted by Gasteiger charge is -2.29. The van der Waals surface area contributed by atoms with Crippen molar-refractivity contribution in [3.8, 4) is 17.2 Å². The molecule has 0 spiro atoms. The molecule has 0 unspecified atom stereocenters. The summed E-state index contributed by atoms with van der Waals surface area (Å²) >= 11 is 0. The van der Waals surface area contributed by atoms with Crippen LogP contribution >= 0.6 is 0 Å². The summed E-state index contributed by atoms with van der Waals surface area (Å²) in [5.74, 6) is -1.80. The van der Waals surface area contributed by atoms with Crippen molar-refractivity contribution in [2.45, 2.75) is 93.7 Å². The zero-order chi connectivity index (χ0) is 36.9. The number of rotatable bonds is 7. The average molecular weight is 744 g/mol. The third-order valence-electron chi connectivity index (χ3n) is 10.6. The lowest BCUT2D eigenvalue weighted by molar-refractivity contribution is -0.142. The molecule has 3 aromatic heterocycles. The predicted octanol–water partition coefficient (Wildman–Crippen LogP) is 4.10. The Morgan fingerprint density at radius 2 is 1.91 bits per heavy atom. The predicted molar refractivity (Wildman–Crippen MR) is 193 cm³/mol. The topological polar surface area (TPSA) is 190 Å². The molecule has 5 heterocycles. The van der Waals surface area contributed by atoms with Gasteiger partial charge in [0.05, 0.1) is 18.1 Å². The van der Waals surface area contributed by atoms with Crippen LogP contribution in [0.3, 0.4) is 0 Å². The first-order valence-electron chi connectivity index (χ1n) is 18.2. The first-order valence-corrected chi connectivity index (χ1v) is 19.7. The number of para-hydroxylation sites is 1. The zero-order valence-electron chi connectivity index (χ0n) is 29.2. The number of amides is 4. The minimum absolute atomic E-state index is 0.00821. The van der Waals surface area contributed by atoms with Gasteiger partial charge in [0.1, 0.15) is 40.5 Å². The van der Waals surface area contributed by atoms with Gasteiger partial charge in [0.15, 0.2) is 17.1 Å². The van der Waals surface area contributed by atoms with E-state index in [-0.39, 0.29) is 25.3 Å². The van der Waals surface area contributed by atoms with Gasteiger partial charge in [-0.2, -0.15) is 0 Å². The van der Waals surface area contributed by atoms with Gasteiger partial charge in [-0.3, -0.25) is 23.9 Å². The van der Waals surface area contributed by atoms with Crippen molar-refractivity contribution in [1.29, 1.82) is 0 Å². The van der Waals surface area contributed by atoms with Crippen molar-refractivity contribution in [3.63, 3.8) is 0 Å². The number of allylic oxidation sites excluding steroid dienone is 1. The summed E-state index contributed by atoms with van der Waals surface area (Å²) in [6.07, 6.45) is 9.22. The number of sulfonamides is 1. The molecule has 4 amide bonds. The standard InChI is InChI=1S/C38H41N5O9S/c1-22(44)39-27-12-6-4-2-3-5-10-23-20-38(23,37(47)42-53(48,49)25-15-16-25)41-35(45)29-18-24(21-43(29)36(27)46)51-32-19-28(31-14-9-17-50-31)40-33-26-11-7-8-13-30(26)52-34(32)33/h5,7-11,13-14,17,19,23-25,27,29H,2-4,6,12,15-16,18,20-21H2,1H3,(H,39,44)(H,41,45)(H,42,47)/t23-,24-,27+,29+,38-/m1/s1. The number of fused-ring (bicyclic) bond motifs is 5. The lowest BCUT2D eigenvalue weighted by Crippen LogP contribution is -2.58. The summed E-state index contributed by atoms with van der Waals surface area (Å²) in [5, 5.41) is 5.81. The number of hydrogen-bond acceptors (Lipinski definition) is 10. The van der Waals surface area contributed by atoms with Gasteiger partial charge in [0, 0.05) is 30.7 Å². The van der Waals surface area contributed by atoms with E-state index in [1.54, 1.807) is 24.5 Å². The summed E-state index contributed by atoms with van der Waals surface area (Å²) in [5.41, 5.74) is 0.544. The summed E-state index contributed by atoms with van der Waals surface area (Å²) in [6, 6.07) is 10.7. The Hall–Kier alpha value is -5.18. The zero-order valence-corrected chi connectivity index (χ0v) is 30.0. The number of furan rings is 2. The van der Waals surface area contributed by atoms with Crippen LogP contribution in [0.2, 0.25) is 0 Å². The van der Waals surface area contributed by atoms with E-state index in [9.17, 15) is 27.6 Å². The van der Waals surface area contributed by atoms with Crippen LogP contribution < -0.4 is 20.1 Å². The molecule has 15 heteroatoms. The molecule has 4 aromatic rings. The van der Waals surface area contributed by atoms with Gasteiger partial charge >= 0.3 is 0 Å². The second-order valence-electron chi connectivity index (χ2n) is 14.5. The first-order chi connectivity index (χ1) is 25.5. The van der Waals surface area contributed by atoms with Crippen LogP contribution in [0.25, 0.3) is 33.5 Å². The van der Waals surface area contributed by atoms with Gasteiger partial charge in [-0.1, -0.05) is 37.1 Å². The minimum atomic E-state index is -3.89. The maximum atomic E-state index is 14.4. The van der Waals surface area contributed by atoms with Crippen molar-refractivity contribution >= 4 is 55.7 Å². The number of carbonyl (C=O) groups is 4. The molecule has 8 rings (SSSR count). The lowest BCUT2D eigenvalue weighted by atomic mass is 10.0. The number of pyridine rings is 1. The molecule has 0 bridgehead atoms. The third-order valence-corrected chi connectivity index (χ3v) is 12.4. The van der Waals surface area contributed by atoms with E-state index in [2.05, 4.69) is 15.4 Å². The average Bonchev–Trinajstić information content (AvgIpc) is 3.92. The quantitative estimate of drug-likeness (QED) is 0.233. The molecule has 14 nitrogen and oxygen atoms in total. The maximum Gasteiger partial charge on any atom is 0.259 e. The number of hydrogen-bond donors (Lipinski definition) is 3. The fourth-order valence-corrected chi connectivity index (χ4v) is 8.93. The number of ether oxygens (including phenoxy) is 1. The second kappa shape index (κ2) is 13.7. The molecule has 278 valence electrons. The highest BCUT2D eigenvalue weighted by molar-refractivity contribution is 7.91. The van der Waals surface area contributed by atoms with Crippen molar-refractivity contribution in [2.75, 3.05) is 6.54 Å². The third kappa shape index (κ3) is 6.89. The molecule has 2 saturated carbocycles. The highest BCUT2D eigenvalue weighted by Gasteiger charge is 2.62. The molecule has 4 aliphatic rings. The number of nitrogens with one attached hydrogen (secondary N) is 3. The Bertz CT molecular complexity index is 2230. The molecule has 2 aliphatic carbocycles. The number of benzene rings is 1. The second-order valence-corrected chi connectivity index (χ2v) is 16.5. The molecule has 3 fully saturated rings.